The van der Waals surface area contributed by atoms with Gasteiger partial charge in [0.2, 0.25) is 5.82 Å². The summed E-state index contributed by atoms with van der Waals surface area (Å²) >= 11 is 0. The van der Waals surface area contributed by atoms with Crippen LogP contribution in [0.5, 0.6) is 0 Å². The molecular formula is C19H18F3N5O3. The van der Waals surface area contributed by atoms with Crippen LogP contribution in [0.25, 0.3) is 0 Å². The van der Waals surface area contributed by atoms with Crippen molar-refractivity contribution in [3.63, 3.8) is 0 Å². The smallest absolute Gasteiger partial charge is 0.389 e. The molecule has 2 amide bonds. The number of alkyl halides is 3. The molecule has 158 valence electrons. The quantitative estimate of drug-likeness (QED) is 0.462. The van der Waals surface area contributed by atoms with E-state index in [1.807, 2.05) is 0 Å². The summed E-state index contributed by atoms with van der Waals surface area (Å²) in [5.41, 5.74) is 0.00929. The van der Waals surface area contributed by atoms with Crippen molar-refractivity contribution in [1.29, 1.82) is 0 Å². The van der Waals surface area contributed by atoms with Gasteiger partial charge in [-0.15, -0.1) is 0 Å². The molecule has 1 N–H and O–H groups in total. The molecule has 2 aliphatic rings. The van der Waals surface area contributed by atoms with Crippen LogP contribution in [0.4, 0.5) is 35.3 Å². The third kappa shape index (κ3) is 3.85. The van der Waals surface area contributed by atoms with Gasteiger partial charge in [-0.2, -0.15) is 13.2 Å². The predicted octanol–water partition coefficient (Wildman–Crippen LogP) is 3.63. The van der Waals surface area contributed by atoms with Crippen LogP contribution in [-0.4, -0.2) is 47.1 Å². The summed E-state index contributed by atoms with van der Waals surface area (Å²) < 4.78 is 36.7. The average molecular weight is 421 g/mol. The minimum atomic E-state index is -4.46. The number of halogens is 3. The molecule has 8 nitrogen and oxygen atoms in total. The molecule has 2 aromatic rings. The molecule has 4 rings (SSSR count). The zero-order chi connectivity index (χ0) is 21.5. The van der Waals surface area contributed by atoms with Crippen molar-refractivity contribution in [1.82, 2.24) is 14.6 Å². The van der Waals surface area contributed by atoms with Gasteiger partial charge in [-0.25, -0.2) is 14.8 Å². The van der Waals surface area contributed by atoms with Crippen molar-refractivity contribution in [3.05, 3.63) is 47.4 Å². The predicted molar refractivity (Wildman–Crippen MR) is 103 cm³/mol. The molecule has 2 bridgehead atoms. The number of carbonyl (C=O) groups is 2. The van der Waals surface area contributed by atoms with Crippen LogP contribution >= 0.6 is 0 Å². The highest BCUT2D eigenvalue weighted by atomic mass is 19.4. The lowest BCUT2D eigenvalue weighted by Gasteiger charge is -2.44. The lowest BCUT2D eigenvalue weighted by Crippen LogP contribution is -2.53. The number of fused-ring (bicyclic) bond motifs is 4. The van der Waals surface area contributed by atoms with Gasteiger partial charge in [0.05, 0.1) is 19.0 Å². The van der Waals surface area contributed by atoms with Crippen LogP contribution in [-0.2, 0) is 0 Å². The maximum atomic E-state index is 13.1. The Labute approximate surface area is 169 Å². The van der Waals surface area contributed by atoms with E-state index in [4.69, 9.17) is 0 Å². The van der Waals surface area contributed by atoms with Crippen molar-refractivity contribution in [2.45, 2.75) is 31.5 Å². The number of rotatable bonds is 4. The van der Waals surface area contributed by atoms with E-state index >= 15 is 0 Å². The minimum Gasteiger partial charge on any atom is -0.627 e. The van der Waals surface area contributed by atoms with E-state index in [0.29, 0.717) is 12.2 Å². The maximum Gasteiger partial charge on any atom is 0.389 e. The number of carbonyl (C=O) groups excluding carboxylic acids is 2. The molecule has 0 aromatic carbocycles. The molecule has 2 aliphatic heterocycles. The van der Waals surface area contributed by atoms with Crippen molar-refractivity contribution in [2.24, 2.45) is 0 Å². The fourth-order valence-electron chi connectivity index (χ4n) is 3.83. The summed E-state index contributed by atoms with van der Waals surface area (Å²) in [4.78, 5) is 34.7. The first kappa shape index (κ1) is 20.2. The molecule has 1 saturated heterocycles. The monoisotopic (exact) mass is 421 g/mol. The van der Waals surface area contributed by atoms with Gasteiger partial charge in [0.25, 0.3) is 0 Å². The Balaban J connectivity index is 1.66. The highest BCUT2D eigenvalue weighted by Gasteiger charge is 2.48. The van der Waals surface area contributed by atoms with Gasteiger partial charge in [0.1, 0.15) is 18.1 Å². The summed E-state index contributed by atoms with van der Waals surface area (Å²) in [5, 5.41) is 15.7. The van der Waals surface area contributed by atoms with Gasteiger partial charge in [0, 0.05) is 25.1 Å². The first-order valence-corrected chi connectivity index (χ1v) is 9.37. The van der Waals surface area contributed by atoms with Crippen molar-refractivity contribution in [3.8, 4) is 0 Å². The van der Waals surface area contributed by atoms with Crippen LogP contribution < -0.4 is 14.9 Å². The largest absolute Gasteiger partial charge is 0.627 e. The number of aromatic nitrogens is 2. The van der Waals surface area contributed by atoms with Gasteiger partial charge in [0.15, 0.2) is 11.5 Å². The molecular weight excluding hydrogens is 403 g/mol. The second-order valence-corrected chi connectivity index (χ2v) is 7.33. The summed E-state index contributed by atoms with van der Waals surface area (Å²) in [5.74, 6) is -0.497. The van der Waals surface area contributed by atoms with Crippen LogP contribution in [0.1, 0.15) is 29.8 Å². The van der Waals surface area contributed by atoms with Gasteiger partial charge in [-0.1, -0.05) is 6.07 Å². The van der Waals surface area contributed by atoms with Crippen molar-refractivity contribution in [2.75, 3.05) is 23.3 Å². The molecule has 11 heteroatoms. The van der Waals surface area contributed by atoms with Gasteiger partial charge in [-0.3, -0.25) is 15.0 Å². The average Bonchev–Trinajstić information content (AvgIpc) is 3.04. The molecule has 2 atom stereocenters. The number of hydrogen-bond donors (Lipinski definition) is 1. The lowest BCUT2D eigenvalue weighted by atomic mass is 10.1. The van der Waals surface area contributed by atoms with E-state index in [2.05, 4.69) is 15.3 Å². The number of ketones is 1. The number of anilines is 2. The molecule has 1 unspecified atom stereocenters. The van der Waals surface area contributed by atoms with Gasteiger partial charge < -0.3 is 9.85 Å². The topological polar surface area (TPSA) is 98.2 Å². The Morgan fingerprint density at radius 3 is 2.77 bits per heavy atom. The van der Waals surface area contributed by atoms with E-state index in [9.17, 15) is 28.0 Å². The van der Waals surface area contributed by atoms with Crippen LogP contribution in [0.15, 0.2) is 36.5 Å². The van der Waals surface area contributed by atoms with Crippen molar-refractivity contribution < 1.29 is 22.8 Å². The van der Waals surface area contributed by atoms with Crippen molar-refractivity contribution >= 4 is 29.1 Å². The highest BCUT2D eigenvalue weighted by molar-refractivity contribution is 6.04. The number of amides is 2. The number of hydrogen-bond acceptors (Lipinski definition) is 5. The van der Waals surface area contributed by atoms with Crippen LogP contribution in [0.2, 0.25) is 0 Å². The molecule has 0 saturated carbocycles. The zero-order valence-corrected chi connectivity index (χ0v) is 15.7. The van der Waals surface area contributed by atoms with Crippen LogP contribution in [0.3, 0.4) is 0 Å². The van der Waals surface area contributed by atoms with Gasteiger partial charge in [-0.05, 0) is 18.2 Å². The third-order valence-corrected chi connectivity index (χ3v) is 5.26. The standard InChI is InChI=1S/C19H18F3N5O3/c20-19(21,22)8-6-15(28)13-4-5-14-17(24-13)26(12-7-10-27(14,30)11-12)18(29)25-16-3-1-2-9-23-16/h1-5,9,12H,6-8,10-11H2,(H,23,25,29)/t12-,27?/m0/s1. The minimum absolute atomic E-state index is 0.00467. The Morgan fingerprint density at radius 1 is 1.27 bits per heavy atom. The fourth-order valence-corrected chi connectivity index (χ4v) is 3.83. The van der Waals surface area contributed by atoms with Gasteiger partial charge >= 0.3 is 12.2 Å². The Hall–Kier alpha value is -3.05. The number of pyridine rings is 2. The third-order valence-electron chi connectivity index (χ3n) is 5.26. The molecule has 0 radical (unpaired) electrons. The lowest BCUT2D eigenvalue weighted by molar-refractivity contribution is -0.133. The van der Waals surface area contributed by atoms with E-state index in [1.54, 1.807) is 18.2 Å². The summed E-state index contributed by atoms with van der Waals surface area (Å²) in [6, 6.07) is 6.61. The summed E-state index contributed by atoms with van der Waals surface area (Å²) in [7, 11) is 0. The SMILES string of the molecule is O=C(CCC(F)(F)F)c1ccc2c(n1)N(C(=O)Nc1ccccn1)[C@H]1CC[N+]2([O-])C1. The Morgan fingerprint density at radius 2 is 2.07 bits per heavy atom. The van der Waals surface area contributed by atoms with Crippen LogP contribution in [0, 0.1) is 5.21 Å². The van der Waals surface area contributed by atoms with E-state index in [1.165, 1.54) is 23.2 Å². The molecule has 1 fully saturated rings. The number of hydroxylamine groups is 2. The molecule has 4 heterocycles. The van der Waals surface area contributed by atoms with E-state index in [-0.39, 0.29) is 30.3 Å². The maximum absolute atomic E-state index is 13.1. The second-order valence-electron chi connectivity index (χ2n) is 7.33. The number of nitrogens with zero attached hydrogens (tertiary/aromatic N) is 4. The number of Topliss-reactive ketones (excluding diaryl/α,β-unsaturated/α-hetero) is 1. The number of quaternary nitrogens is 1. The number of urea groups is 1. The highest BCUT2D eigenvalue weighted by Crippen LogP contribution is 2.43. The fraction of sp³-hybridized carbons (Fsp3) is 0.368. The summed E-state index contributed by atoms with van der Waals surface area (Å²) in [6.07, 6.45) is -4.54. The Bertz CT molecular complexity index is 985. The second kappa shape index (κ2) is 7.33. The molecule has 2 aromatic heterocycles. The molecule has 30 heavy (non-hydrogen) atoms. The normalized spacial score (nSPS) is 22.5. The van der Waals surface area contributed by atoms with E-state index < -0.39 is 41.5 Å². The van der Waals surface area contributed by atoms with E-state index in [0.717, 1.165) is 0 Å². The molecule has 0 aliphatic carbocycles. The first-order chi connectivity index (χ1) is 14.2. The summed E-state index contributed by atoms with van der Waals surface area (Å²) in [6.45, 7) is 0.389. The Kier molecular flexibility index (Phi) is 4.94. The first-order valence-electron chi connectivity index (χ1n) is 9.37. The molecule has 0 spiro atoms. The number of nitrogens with one attached hydrogen (secondary N) is 1. The zero-order valence-electron chi connectivity index (χ0n) is 15.7.